The second-order valence-corrected chi connectivity index (χ2v) is 4.84. The molecule has 2 aromatic heterocycles. The van der Waals surface area contributed by atoms with Gasteiger partial charge in [0, 0.05) is 26.2 Å². The molecule has 6 heteroatoms. The van der Waals surface area contributed by atoms with E-state index in [9.17, 15) is 4.79 Å². The van der Waals surface area contributed by atoms with Crippen molar-refractivity contribution in [3.63, 3.8) is 0 Å². The molecule has 0 aromatic carbocycles. The van der Waals surface area contributed by atoms with E-state index in [2.05, 4.69) is 15.3 Å². The number of rotatable bonds is 3. The summed E-state index contributed by atoms with van der Waals surface area (Å²) in [5.41, 5.74) is 2.33. The maximum absolute atomic E-state index is 12.5. The Bertz CT molecular complexity index is 603. The second kappa shape index (κ2) is 4.46. The summed E-state index contributed by atoms with van der Waals surface area (Å²) in [7, 11) is 3.58. The third kappa shape index (κ3) is 2.21. The van der Waals surface area contributed by atoms with Crippen molar-refractivity contribution in [2.45, 2.75) is 18.8 Å². The van der Waals surface area contributed by atoms with Gasteiger partial charge in [0.15, 0.2) is 0 Å². The average molecular weight is 257 g/mol. The second-order valence-electron chi connectivity index (χ2n) is 4.84. The van der Waals surface area contributed by atoms with Crippen LogP contribution in [-0.4, -0.2) is 32.9 Å². The predicted molar refractivity (Wildman–Crippen MR) is 69.9 cm³/mol. The van der Waals surface area contributed by atoms with E-state index in [0.29, 0.717) is 11.5 Å². The van der Waals surface area contributed by atoms with Crippen molar-refractivity contribution in [2.75, 3.05) is 11.9 Å². The maximum Gasteiger partial charge on any atom is 0.261 e. The summed E-state index contributed by atoms with van der Waals surface area (Å²) >= 11 is 0. The largest absolute Gasteiger partial charge is 0.310 e. The molecule has 0 aliphatic heterocycles. The van der Waals surface area contributed by atoms with Crippen LogP contribution < -0.4 is 4.90 Å². The monoisotopic (exact) mass is 257 g/mol. The molecule has 0 saturated heterocycles. The minimum absolute atomic E-state index is 0.0528. The van der Waals surface area contributed by atoms with Gasteiger partial charge >= 0.3 is 0 Å². The van der Waals surface area contributed by atoms with Gasteiger partial charge in [0.05, 0.1) is 29.3 Å². The first-order chi connectivity index (χ1) is 9.16. The average Bonchev–Trinajstić information content (AvgIpc) is 3.21. The number of hydrogen-bond donors (Lipinski definition) is 0. The Balaban J connectivity index is 1.91. The molecule has 0 radical (unpaired) electrons. The van der Waals surface area contributed by atoms with Crippen LogP contribution in [0.4, 0.5) is 5.69 Å². The molecule has 1 aliphatic carbocycles. The molecule has 0 N–H and O–H groups in total. The number of carbonyl (C=O) groups is 1. The Morgan fingerprint density at radius 1 is 1.42 bits per heavy atom. The summed E-state index contributed by atoms with van der Waals surface area (Å²) in [5.74, 6) is 0.395. The number of aromatic nitrogens is 4. The van der Waals surface area contributed by atoms with E-state index < -0.39 is 0 Å². The molecule has 3 rings (SSSR count). The fourth-order valence-electron chi connectivity index (χ4n) is 2.11. The minimum Gasteiger partial charge on any atom is -0.310 e. The molecule has 1 aliphatic rings. The lowest BCUT2D eigenvalue weighted by atomic mass is 10.1. The molecule has 98 valence electrons. The molecule has 1 amide bonds. The van der Waals surface area contributed by atoms with Gasteiger partial charge in [0.25, 0.3) is 5.91 Å². The Kier molecular flexibility index (Phi) is 2.77. The summed E-state index contributed by atoms with van der Waals surface area (Å²) in [4.78, 5) is 14.1. The molecule has 0 bridgehead atoms. The maximum atomic E-state index is 12.5. The van der Waals surface area contributed by atoms with Crippen LogP contribution >= 0.6 is 0 Å². The SMILES string of the molecule is CN(C(=O)c1cn(C)nc1C1CC1)c1ccnnc1. The Hall–Kier alpha value is -2.24. The van der Waals surface area contributed by atoms with Crippen molar-refractivity contribution in [3.8, 4) is 0 Å². The van der Waals surface area contributed by atoms with Crippen molar-refractivity contribution in [2.24, 2.45) is 7.05 Å². The highest BCUT2D eigenvalue weighted by Crippen LogP contribution is 2.41. The van der Waals surface area contributed by atoms with Crippen molar-refractivity contribution < 1.29 is 4.79 Å². The Morgan fingerprint density at radius 2 is 2.21 bits per heavy atom. The van der Waals surface area contributed by atoms with Crippen LogP contribution in [0, 0.1) is 0 Å². The highest BCUT2D eigenvalue weighted by molar-refractivity contribution is 6.06. The van der Waals surface area contributed by atoms with E-state index in [1.165, 1.54) is 0 Å². The lowest BCUT2D eigenvalue weighted by Gasteiger charge is -2.16. The molecule has 19 heavy (non-hydrogen) atoms. The highest BCUT2D eigenvalue weighted by Gasteiger charge is 2.32. The molecule has 0 unspecified atom stereocenters. The molecule has 2 heterocycles. The van der Waals surface area contributed by atoms with Gasteiger partial charge in [-0.2, -0.15) is 15.3 Å². The molecular weight excluding hydrogens is 242 g/mol. The number of hydrogen-bond acceptors (Lipinski definition) is 4. The van der Waals surface area contributed by atoms with E-state index in [-0.39, 0.29) is 5.91 Å². The predicted octanol–water partition coefficient (Wildman–Crippen LogP) is 1.36. The van der Waals surface area contributed by atoms with Crippen LogP contribution in [0.3, 0.4) is 0 Å². The van der Waals surface area contributed by atoms with Crippen LogP contribution in [0.2, 0.25) is 0 Å². The third-order valence-electron chi connectivity index (χ3n) is 3.31. The molecule has 6 nitrogen and oxygen atoms in total. The van der Waals surface area contributed by atoms with Crippen molar-refractivity contribution in [1.29, 1.82) is 0 Å². The van der Waals surface area contributed by atoms with Crippen LogP contribution in [0.1, 0.15) is 34.8 Å². The first kappa shape index (κ1) is 11.8. The summed E-state index contributed by atoms with van der Waals surface area (Å²) in [6.07, 6.45) is 7.19. The molecular formula is C13H15N5O. The van der Waals surface area contributed by atoms with Gasteiger partial charge in [0.2, 0.25) is 0 Å². The normalized spacial score (nSPS) is 14.4. The van der Waals surface area contributed by atoms with Gasteiger partial charge in [-0.3, -0.25) is 9.48 Å². The Morgan fingerprint density at radius 3 is 2.84 bits per heavy atom. The number of aryl methyl sites for hydroxylation is 1. The fourth-order valence-corrected chi connectivity index (χ4v) is 2.11. The quantitative estimate of drug-likeness (QED) is 0.833. The van der Waals surface area contributed by atoms with Gasteiger partial charge in [0.1, 0.15) is 0 Å². The van der Waals surface area contributed by atoms with Crippen molar-refractivity contribution in [1.82, 2.24) is 20.0 Å². The fraction of sp³-hybridized carbons (Fsp3) is 0.385. The zero-order valence-corrected chi connectivity index (χ0v) is 10.9. The summed E-state index contributed by atoms with van der Waals surface area (Å²) in [6, 6.07) is 1.76. The van der Waals surface area contributed by atoms with Gasteiger partial charge in [-0.1, -0.05) is 0 Å². The minimum atomic E-state index is -0.0528. The molecule has 0 spiro atoms. The van der Waals surface area contributed by atoms with Gasteiger partial charge in [-0.25, -0.2) is 0 Å². The van der Waals surface area contributed by atoms with E-state index >= 15 is 0 Å². The molecule has 1 saturated carbocycles. The first-order valence-electron chi connectivity index (χ1n) is 6.25. The van der Waals surface area contributed by atoms with Gasteiger partial charge < -0.3 is 4.90 Å². The number of anilines is 1. The van der Waals surface area contributed by atoms with Crippen LogP contribution in [0.15, 0.2) is 24.7 Å². The standard InChI is InChI=1S/C13H15N5O/c1-17-8-11(12(16-17)9-3-4-9)13(19)18(2)10-5-6-14-15-7-10/h5-9H,3-4H2,1-2H3. The number of carbonyl (C=O) groups excluding carboxylic acids is 1. The van der Waals surface area contributed by atoms with Crippen LogP contribution in [-0.2, 0) is 7.05 Å². The van der Waals surface area contributed by atoms with Gasteiger partial charge in [-0.05, 0) is 18.9 Å². The lowest BCUT2D eigenvalue weighted by Crippen LogP contribution is -2.26. The van der Waals surface area contributed by atoms with E-state index in [0.717, 1.165) is 24.2 Å². The van der Waals surface area contributed by atoms with Crippen LogP contribution in [0.5, 0.6) is 0 Å². The first-order valence-corrected chi connectivity index (χ1v) is 6.25. The van der Waals surface area contributed by atoms with E-state index in [1.54, 1.807) is 41.3 Å². The molecule has 1 fully saturated rings. The topological polar surface area (TPSA) is 63.9 Å². The van der Waals surface area contributed by atoms with Crippen molar-refractivity contribution in [3.05, 3.63) is 35.9 Å². The smallest absolute Gasteiger partial charge is 0.261 e. The lowest BCUT2D eigenvalue weighted by molar-refractivity contribution is 0.0992. The zero-order chi connectivity index (χ0) is 13.4. The molecule has 0 atom stereocenters. The number of nitrogens with zero attached hydrogens (tertiary/aromatic N) is 5. The third-order valence-corrected chi connectivity index (χ3v) is 3.31. The molecule has 2 aromatic rings. The number of amides is 1. The van der Waals surface area contributed by atoms with Crippen molar-refractivity contribution >= 4 is 11.6 Å². The summed E-state index contributed by atoms with van der Waals surface area (Å²) < 4.78 is 1.71. The Labute approximate surface area is 111 Å². The van der Waals surface area contributed by atoms with E-state index in [1.807, 2.05) is 7.05 Å². The summed E-state index contributed by atoms with van der Waals surface area (Å²) in [5, 5.41) is 11.9. The zero-order valence-electron chi connectivity index (χ0n) is 10.9. The van der Waals surface area contributed by atoms with Crippen LogP contribution in [0.25, 0.3) is 0 Å². The van der Waals surface area contributed by atoms with Gasteiger partial charge in [-0.15, -0.1) is 0 Å². The highest BCUT2D eigenvalue weighted by atomic mass is 16.2. The summed E-state index contributed by atoms with van der Waals surface area (Å²) in [6.45, 7) is 0. The van der Waals surface area contributed by atoms with E-state index in [4.69, 9.17) is 0 Å².